The molecule has 1 aromatic rings. The van der Waals surface area contributed by atoms with Gasteiger partial charge in [-0.25, -0.2) is 4.39 Å². The molecule has 1 amide bonds. The molecule has 0 aliphatic carbocycles. The van der Waals surface area contributed by atoms with Gasteiger partial charge in [-0.05, 0) is 30.5 Å². The van der Waals surface area contributed by atoms with Crippen molar-refractivity contribution in [3.05, 3.63) is 34.6 Å². The summed E-state index contributed by atoms with van der Waals surface area (Å²) in [7, 11) is 0. The molecule has 0 spiro atoms. The molecule has 0 aromatic heterocycles. The summed E-state index contributed by atoms with van der Waals surface area (Å²) in [5.41, 5.74) is 0.312. The van der Waals surface area contributed by atoms with Crippen molar-refractivity contribution < 1.29 is 9.18 Å². The van der Waals surface area contributed by atoms with Crippen LogP contribution >= 0.6 is 11.6 Å². The summed E-state index contributed by atoms with van der Waals surface area (Å²) in [6.45, 7) is 4.76. The van der Waals surface area contributed by atoms with Gasteiger partial charge < -0.3 is 5.32 Å². The summed E-state index contributed by atoms with van der Waals surface area (Å²) < 4.78 is 12.8. The molecule has 0 aliphatic rings. The van der Waals surface area contributed by atoms with Crippen LogP contribution in [-0.4, -0.2) is 12.5 Å². The van der Waals surface area contributed by atoms with Gasteiger partial charge in [-0.2, -0.15) is 0 Å². The second kappa shape index (κ2) is 5.85. The van der Waals surface area contributed by atoms with Gasteiger partial charge in [-0.3, -0.25) is 4.79 Å². The van der Waals surface area contributed by atoms with Gasteiger partial charge in [0.2, 0.25) is 0 Å². The number of amides is 1. The van der Waals surface area contributed by atoms with E-state index in [1.807, 2.05) is 0 Å². The molecule has 0 saturated heterocycles. The smallest absolute Gasteiger partial charge is 0.252 e. The molecule has 0 aliphatic heterocycles. The Morgan fingerprint density at radius 1 is 1.50 bits per heavy atom. The first-order chi connectivity index (χ1) is 7.50. The summed E-state index contributed by atoms with van der Waals surface area (Å²) in [5.74, 6) is -0.168. The van der Waals surface area contributed by atoms with Crippen LogP contribution in [0.3, 0.4) is 0 Å². The normalized spacial score (nSPS) is 10.6. The van der Waals surface area contributed by atoms with Gasteiger partial charge in [0.25, 0.3) is 5.91 Å². The SMILES string of the molecule is CC(C)CCNC(=O)c1ccc(F)cc1Cl. The maximum atomic E-state index is 12.8. The number of benzene rings is 1. The van der Waals surface area contributed by atoms with Crippen molar-refractivity contribution in [2.75, 3.05) is 6.54 Å². The largest absolute Gasteiger partial charge is 0.352 e. The van der Waals surface area contributed by atoms with Gasteiger partial charge in [-0.15, -0.1) is 0 Å². The van der Waals surface area contributed by atoms with Crippen LogP contribution in [0.2, 0.25) is 5.02 Å². The molecule has 0 heterocycles. The minimum absolute atomic E-state index is 0.141. The van der Waals surface area contributed by atoms with E-state index >= 15 is 0 Å². The van der Waals surface area contributed by atoms with E-state index in [0.29, 0.717) is 18.0 Å². The van der Waals surface area contributed by atoms with Crippen LogP contribution in [0.5, 0.6) is 0 Å². The average molecular weight is 244 g/mol. The van der Waals surface area contributed by atoms with Gasteiger partial charge in [0, 0.05) is 6.54 Å². The molecule has 88 valence electrons. The predicted octanol–water partition coefficient (Wildman–Crippen LogP) is 3.26. The summed E-state index contributed by atoms with van der Waals surface area (Å²) in [6, 6.07) is 3.75. The van der Waals surface area contributed by atoms with E-state index in [-0.39, 0.29) is 10.9 Å². The lowest BCUT2D eigenvalue weighted by Gasteiger charge is -2.08. The molecule has 0 radical (unpaired) electrons. The molecule has 0 unspecified atom stereocenters. The molecular formula is C12H15ClFNO. The van der Waals surface area contributed by atoms with Crippen molar-refractivity contribution in [1.29, 1.82) is 0 Å². The number of carbonyl (C=O) groups excluding carboxylic acids is 1. The van der Waals surface area contributed by atoms with Crippen molar-refractivity contribution >= 4 is 17.5 Å². The van der Waals surface area contributed by atoms with Crippen LogP contribution in [0.1, 0.15) is 30.6 Å². The van der Waals surface area contributed by atoms with Crippen molar-refractivity contribution in [3.8, 4) is 0 Å². The van der Waals surface area contributed by atoms with Gasteiger partial charge in [0.15, 0.2) is 0 Å². The summed E-state index contributed by atoms with van der Waals surface area (Å²) in [5, 5.41) is 2.89. The maximum absolute atomic E-state index is 12.8. The molecule has 1 rings (SSSR count). The molecule has 16 heavy (non-hydrogen) atoms. The van der Waals surface area contributed by atoms with Crippen LogP contribution in [0.4, 0.5) is 4.39 Å². The van der Waals surface area contributed by atoms with Gasteiger partial charge >= 0.3 is 0 Å². The Bertz CT molecular complexity index is 379. The zero-order valence-corrected chi connectivity index (χ0v) is 10.1. The first kappa shape index (κ1) is 13.0. The molecule has 0 bridgehead atoms. The molecule has 4 heteroatoms. The van der Waals surface area contributed by atoms with E-state index in [1.54, 1.807) is 0 Å². The first-order valence-corrected chi connectivity index (χ1v) is 5.61. The van der Waals surface area contributed by atoms with E-state index in [1.165, 1.54) is 12.1 Å². The fourth-order valence-electron chi connectivity index (χ4n) is 1.24. The fourth-order valence-corrected chi connectivity index (χ4v) is 1.50. The third kappa shape index (κ3) is 3.81. The van der Waals surface area contributed by atoms with Crippen LogP contribution in [0.15, 0.2) is 18.2 Å². The Hall–Kier alpha value is -1.09. The molecule has 2 nitrogen and oxygen atoms in total. The van der Waals surface area contributed by atoms with Crippen LogP contribution in [0, 0.1) is 11.7 Å². The second-order valence-corrected chi connectivity index (χ2v) is 4.47. The van der Waals surface area contributed by atoms with Crippen LogP contribution in [-0.2, 0) is 0 Å². The van der Waals surface area contributed by atoms with Gasteiger partial charge in [0.1, 0.15) is 5.82 Å². The highest BCUT2D eigenvalue weighted by Gasteiger charge is 2.10. The highest BCUT2D eigenvalue weighted by molar-refractivity contribution is 6.33. The van der Waals surface area contributed by atoms with Crippen molar-refractivity contribution in [2.45, 2.75) is 20.3 Å². The number of carbonyl (C=O) groups is 1. The minimum atomic E-state index is -0.441. The number of rotatable bonds is 4. The van der Waals surface area contributed by atoms with Crippen molar-refractivity contribution in [3.63, 3.8) is 0 Å². The first-order valence-electron chi connectivity index (χ1n) is 5.24. The third-order valence-electron chi connectivity index (χ3n) is 2.18. The van der Waals surface area contributed by atoms with Gasteiger partial charge in [-0.1, -0.05) is 25.4 Å². The Morgan fingerprint density at radius 2 is 2.19 bits per heavy atom. The van der Waals surface area contributed by atoms with E-state index < -0.39 is 5.82 Å². The van der Waals surface area contributed by atoms with E-state index in [2.05, 4.69) is 19.2 Å². The number of hydrogen-bond acceptors (Lipinski definition) is 1. The second-order valence-electron chi connectivity index (χ2n) is 4.06. The topological polar surface area (TPSA) is 29.1 Å². The summed E-state index contributed by atoms with van der Waals surface area (Å²) in [4.78, 5) is 11.6. The zero-order chi connectivity index (χ0) is 12.1. The lowest BCUT2D eigenvalue weighted by Crippen LogP contribution is -2.25. The van der Waals surface area contributed by atoms with Crippen LogP contribution in [0.25, 0.3) is 0 Å². The predicted molar refractivity (Wildman–Crippen MR) is 63.2 cm³/mol. The Morgan fingerprint density at radius 3 is 2.75 bits per heavy atom. The lowest BCUT2D eigenvalue weighted by atomic mass is 10.1. The monoisotopic (exact) mass is 243 g/mol. The molecule has 1 aromatic carbocycles. The highest BCUT2D eigenvalue weighted by atomic mass is 35.5. The maximum Gasteiger partial charge on any atom is 0.252 e. The van der Waals surface area contributed by atoms with Crippen molar-refractivity contribution in [1.82, 2.24) is 5.32 Å². The number of halogens is 2. The summed E-state index contributed by atoms with van der Waals surface area (Å²) >= 11 is 5.77. The minimum Gasteiger partial charge on any atom is -0.352 e. The molecule has 0 saturated carbocycles. The Kier molecular flexibility index (Phi) is 4.74. The third-order valence-corrected chi connectivity index (χ3v) is 2.50. The zero-order valence-electron chi connectivity index (χ0n) is 9.39. The standard InChI is InChI=1S/C12H15ClFNO/c1-8(2)5-6-15-12(16)10-4-3-9(14)7-11(10)13/h3-4,7-8H,5-6H2,1-2H3,(H,15,16). The lowest BCUT2D eigenvalue weighted by molar-refractivity contribution is 0.0952. The molecule has 1 N–H and O–H groups in total. The Labute approximate surface area is 99.8 Å². The average Bonchev–Trinajstić information content (AvgIpc) is 2.16. The molecule has 0 atom stereocenters. The fraction of sp³-hybridized carbons (Fsp3) is 0.417. The summed E-state index contributed by atoms with van der Waals surface area (Å²) in [6.07, 6.45) is 0.907. The highest BCUT2D eigenvalue weighted by Crippen LogP contribution is 2.16. The molecule has 0 fully saturated rings. The quantitative estimate of drug-likeness (QED) is 0.864. The van der Waals surface area contributed by atoms with Crippen molar-refractivity contribution in [2.24, 2.45) is 5.92 Å². The van der Waals surface area contributed by atoms with E-state index in [9.17, 15) is 9.18 Å². The number of nitrogens with one attached hydrogen (secondary N) is 1. The number of hydrogen-bond donors (Lipinski definition) is 1. The molecular weight excluding hydrogens is 229 g/mol. The van der Waals surface area contributed by atoms with E-state index in [4.69, 9.17) is 11.6 Å². The van der Waals surface area contributed by atoms with E-state index in [0.717, 1.165) is 12.5 Å². The van der Waals surface area contributed by atoms with Crippen LogP contribution < -0.4 is 5.32 Å². The Balaban J connectivity index is 2.59. The van der Waals surface area contributed by atoms with Gasteiger partial charge in [0.05, 0.1) is 10.6 Å².